The van der Waals surface area contributed by atoms with Gasteiger partial charge in [-0.15, -0.1) is 0 Å². The number of methoxy groups -OCH3 is 2. The van der Waals surface area contributed by atoms with Gasteiger partial charge in [0.25, 0.3) is 0 Å². The van der Waals surface area contributed by atoms with Crippen LogP contribution in [0.15, 0.2) is 48.6 Å². The van der Waals surface area contributed by atoms with E-state index in [1.165, 1.54) is 0 Å². The van der Waals surface area contributed by atoms with Crippen LogP contribution in [0.1, 0.15) is 11.5 Å². The second-order valence-corrected chi connectivity index (χ2v) is 4.92. The van der Waals surface area contributed by atoms with Crippen LogP contribution >= 0.6 is 9.24 Å². The predicted molar refractivity (Wildman–Crippen MR) is 73.5 cm³/mol. The topological polar surface area (TPSA) is 18.5 Å². The summed E-state index contributed by atoms with van der Waals surface area (Å²) < 4.78 is 11.0. The number of rotatable bonds is 3. The van der Waals surface area contributed by atoms with E-state index in [1.54, 1.807) is 14.2 Å². The fraction of sp³-hybridized carbons (Fsp3) is 0.286. The van der Waals surface area contributed by atoms with Gasteiger partial charge in [-0.05, 0) is 12.1 Å². The van der Waals surface area contributed by atoms with Crippen molar-refractivity contribution in [3.8, 4) is 5.75 Å². The quantitative estimate of drug-likeness (QED) is 0.765. The van der Waals surface area contributed by atoms with Crippen molar-refractivity contribution in [3.63, 3.8) is 0 Å². The maximum atomic E-state index is 5.61. The van der Waals surface area contributed by atoms with E-state index in [2.05, 4.69) is 27.5 Å². The summed E-state index contributed by atoms with van der Waals surface area (Å²) >= 11 is 0. The highest BCUT2D eigenvalue weighted by atomic mass is 31.0. The minimum absolute atomic E-state index is 0.138. The smallest absolute Gasteiger partial charge is 0.122 e. The summed E-state index contributed by atoms with van der Waals surface area (Å²) in [6.45, 7) is 0. The van der Waals surface area contributed by atoms with E-state index in [9.17, 15) is 0 Å². The van der Waals surface area contributed by atoms with Crippen LogP contribution in [0, 0.1) is 0 Å². The molecule has 0 amide bonds. The molecule has 0 fully saturated rings. The summed E-state index contributed by atoms with van der Waals surface area (Å²) in [5, 5.41) is -0.399. The molecule has 0 spiro atoms. The van der Waals surface area contributed by atoms with Crippen LogP contribution in [-0.2, 0) is 4.74 Å². The molecule has 0 bridgehead atoms. The number of benzene rings is 1. The summed E-state index contributed by atoms with van der Waals surface area (Å²) in [6, 6.07) is 8.04. The molecule has 3 atom stereocenters. The van der Waals surface area contributed by atoms with Gasteiger partial charge in [-0.25, -0.2) is 0 Å². The van der Waals surface area contributed by atoms with Crippen LogP contribution in [0.5, 0.6) is 5.75 Å². The third-order valence-electron chi connectivity index (χ3n) is 3.09. The molecular formula is C14H17O2P. The number of allylic oxidation sites excluding steroid dienone is 2. The average molecular weight is 248 g/mol. The second-order valence-electron chi connectivity index (χ2n) is 4.02. The summed E-state index contributed by atoms with van der Waals surface area (Å²) in [7, 11) is 6.19. The highest BCUT2D eigenvalue weighted by Crippen LogP contribution is 2.43. The molecule has 1 aliphatic carbocycles. The molecule has 0 heterocycles. The minimum atomic E-state index is -0.399. The summed E-state index contributed by atoms with van der Waals surface area (Å²) in [4.78, 5) is 0. The molecule has 1 aromatic carbocycles. The van der Waals surface area contributed by atoms with Crippen LogP contribution < -0.4 is 4.74 Å². The van der Waals surface area contributed by atoms with Gasteiger partial charge < -0.3 is 9.47 Å². The summed E-state index contributed by atoms with van der Waals surface area (Å²) in [5.74, 6) is 1.03. The number of ether oxygens (including phenoxy) is 2. The van der Waals surface area contributed by atoms with Gasteiger partial charge in [0.1, 0.15) is 11.1 Å². The summed E-state index contributed by atoms with van der Waals surface area (Å²) in [5.41, 5.74) is 1.13. The highest BCUT2D eigenvalue weighted by Gasteiger charge is 2.34. The minimum Gasteiger partial charge on any atom is -0.496 e. The van der Waals surface area contributed by atoms with Gasteiger partial charge in [0.15, 0.2) is 0 Å². The Hall–Kier alpha value is -1.11. The lowest BCUT2D eigenvalue weighted by Gasteiger charge is -2.34. The standard InChI is InChI=1S/C14H17O2P/c1-15-13-9-4-3-7-11(13)12-8-5-6-10-14(12,17)16-2/h3-10,12H,17H2,1-2H3. The lowest BCUT2D eigenvalue weighted by atomic mass is 9.88. The summed E-state index contributed by atoms with van der Waals surface area (Å²) in [6.07, 6.45) is 8.23. The number of para-hydroxylation sites is 1. The Bertz CT molecular complexity index is 453. The Morgan fingerprint density at radius 1 is 1.18 bits per heavy atom. The van der Waals surface area contributed by atoms with Gasteiger partial charge >= 0.3 is 0 Å². The van der Waals surface area contributed by atoms with Crippen molar-refractivity contribution in [1.29, 1.82) is 0 Å². The van der Waals surface area contributed by atoms with E-state index in [1.807, 2.05) is 30.4 Å². The van der Waals surface area contributed by atoms with Crippen molar-refractivity contribution in [1.82, 2.24) is 0 Å². The van der Waals surface area contributed by atoms with E-state index >= 15 is 0 Å². The van der Waals surface area contributed by atoms with Gasteiger partial charge in [-0.2, -0.15) is 0 Å². The fourth-order valence-electron chi connectivity index (χ4n) is 2.10. The first-order valence-electron chi connectivity index (χ1n) is 5.54. The zero-order chi connectivity index (χ0) is 12.3. The van der Waals surface area contributed by atoms with E-state index in [-0.39, 0.29) is 5.92 Å². The molecule has 0 saturated heterocycles. The van der Waals surface area contributed by atoms with Crippen LogP contribution in [0.3, 0.4) is 0 Å². The predicted octanol–water partition coefficient (Wildman–Crippen LogP) is 3.12. The maximum Gasteiger partial charge on any atom is 0.122 e. The molecule has 3 heteroatoms. The Morgan fingerprint density at radius 3 is 2.65 bits per heavy atom. The third-order valence-corrected chi connectivity index (χ3v) is 3.87. The van der Waals surface area contributed by atoms with Crippen LogP contribution in [-0.4, -0.2) is 19.6 Å². The molecule has 0 aromatic heterocycles. The highest BCUT2D eigenvalue weighted by molar-refractivity contribution is 7.19. The van der Waals surface area contributed by atoms with Crippen molar-refractivity contribution in [2.24, 2.45) is 0 Å². The Balaban J connectivity index is 2.45. The van der Waals surface area contributed by atoms with E-state index in [0.29, 0.717) is 0 Å². The zero-order valence-corrected chi connectivity index (χ0v) is 11.2. The van der Waals surface area contributed by atoms with Crippen molar-refractivity contribution in [2.45, 2.75) is 11.3 Å². The SMILES string of the molecule is COc1ccccc1C1C=CC=CC1(P)OC. The molecule has 1 aromatic rings. The van der Waals surface area contributed by atoms with E-state index < -0.39 is 5.34 Å². The molecule has 1 aliphatic rings. The van der Waals surface area contributed by atoms with Crippen molar-refractivity contribution >= 4 is 9.24 Å². The molecular weight excluding hydrogens is 231 g/mol. The molecule has 17 heavy (non-hydrogen) atoms. The normalized spacial score (nSPS) is 27.1. The van der Waals surface area contributed by atoms with Gasteiger partial charge in [-0.1, -0.05) is 45.7 Å². The monoisotopic (exact) mass is 248 g/mol. The molecule has 3 unspecified atom stereocenters. The number of hydrogen-bond acceptors (Lipinski definition) is 2. The van der Waals surface area contributed by atoms with Crippen LogP contribution in [0.25, 0.3) is 0 Å². The largest absolute Gasteiger partial charge is 0.496 e. The molecule has 0 radical (unpaired) electrons. The number of hydrogen-bond donors (Lipinski definition) is 0. The second kappa shape index (κ2) is 5.03. The molecule has 0 N–H and O–H groups in total. The van der Waals surface area contributed by atoms with Crippen molar-refractivity contribution in [2.75, 3.05) is 14.2 Å². The average Bonchev–Trinajstić information content (AvgIpc) is 2.39. The maximum absolute atomic E-state index is 5.61. The van der Waals surface area contributed by atoms with Crippen LogP contribution in [0.2, 0.25) is 0 Å². The van der Waals surface area contributed by atoms with Gasteiger partial charge in [0, 0.05) is 18.6 Å². The van der Waals surface area contributed by atoms with Gasteiger partial charge in [0.2, 0.25) is 0 Å². The van der Waals surface area contributed by atoms with Crippen molar-refractivity contribution in [3.05, 3.63) is 54.1 Å². The van der Waals surface area contributed by atoms with Crippen molar-refractivity contribution < 1.29 is 9.47 Å². The molecule has 2 rings (SSSR count). The van der Waals surface area contributed by atoms with E-state index in [4.69, 9.17) is 9.47 Å². The van der Waals surface area contributed by atoms with E-state index in [0.717, 1.165) is 11.3 Å². The van der Waals surface area contributed by atoms with Gasteiger partial charge in [0.05, 0.1) is 7.11 Å². The molecule has 0 saturated carbocycles. The third kappa shape index (κ3) is 2.29. The van der Waals surface area contributed by atoms with Crippen LogP contribution in [0.4, 0.5) is 0 Å². The first-order valence-corrected chi connectivity index (χ1v) is 6.12. The lowest BCUT2D eigenvalue weighted by molar-refractivity contribution is 0.0964. The zero-order valence-electron chi connectivity index (χ0n) is 10.1. The van der Waals surface area contributed by atoms with Gasteiger partial charge in [-0.3, -0.25) is 0 Å². The lowest BCUT2D eigenvalue weighted by Crippen LogP contribution is -2.30. The fourth-order valence-corrected chi connectivity index (χ4v) is 2.50. The molecule has 0 aliphatic heterocycles. The Kier molecular flexibility index (Phi) is 3.66. The molecule has 90 valence electrons. The first kappa shape index (κ1) is 12.3. The Morgan fingerprint density at radius 2 is 1.94 bits per heavy atom. The first-order chi connectivity index (χ1) is 8.21. The Labute approximate surface area is 105 Å². The molecule has 2 nitrogen and oxygen atoms in total.